The van der Waals surface area contributed by atoms with Crippen molar-refractivity contribution < 1.29 is 5.11 Å². The minimum absolute atomic E-state index is 0.0882. The molecule has 2 aromatic heterocycles. The van der Waals surface area contributed by atoms with E-state index in [-0.39, 0.29) is 6.61 Å². The van der Waals surface area contributed by atoms with Crippen LogP contribution in [-0.2, 0) is 13.2 Å². The summed E-state index contributed by atoms with van der Waals surface area (Å²) < 4.78 is 2.20. The molecule has 0 fully saturated rings. The van der Waals surface area contributed by atoms with Crippen molar-refractivity contribution in [3.8, 4) is 0 Å². The van der Waals surface area contributed by atoms with E-state index in [1.54, 1.807) is 11.3 Å². The number of aromatic nitrogens is 2. The Morgan fingerprint density at radius 2 is 2.15 bits per heavy atom. The first-order valence-corrected chi connectivity index (χ1v) is 7.68. The lowest BCUT2D eigenvalue weighted by atomic mass is 10.2. The third kappa shape index (κ3) is 2.49. The monoisotopic (exact) mass is 286 g/mol. The van der Waals surface area contributed by atoms with Crippen LogP contribution in [0.1, 0.15) is 36.0 Å². The molecule has 104 valence electrons. The lowest BCUT2D eigenvalue weighted by Crippen LogP contribution is -1.99. The van der Waals surface area contributed by atoms with Crippen LogP contribution in [0.4, 0.5) is 0 Å². The standard InChI is InChI=1S/C16H18N2OS/c1-11(2)16-17-14(10-20-16)8-18-6-5-13-7-12(9-19)3-4-15(13)18/h3-7,10-11,19H,8-9H2,1-2H3. The van der Waals surface area contributed by atoms with Crippen LogP contribution in [-0.4, -0.2) is 14.7 Å². The van der Waals surface area contributed by atoms with Gasteiger partial charge in [0.05, 0.1) is 23.9 Å². The predicted octanol–water partition coefficient (Wildman–Crippen LogP) is 3.76. The van der Waals surface area contributed by atoms with Crippen LogP contribution < -0.4 is 0 Å². The summed E-state index contributed by atoms with van der Waals surface area (Å²) >= 11 is 1.73. The van der Waals surface area contributed by atoms with Crippen LogP contribution in [0.2, 0.25) is 0 Å². The lowest BCUT2D eigenvalue weighted by Gasteiger charge is -2.04. The van der Waals surface area contributed by atoms with E-state index in [4.69, 9.17) is 0 Å². The maximum atomic E-state index is 9.18. The molecule has 3 aromatic rings. The maximum Gasteiger partial charge on any atom is 0.0954 e. The minimum atomic E-state index is 0.0882. The van der Waals surface area contributed by atoms with Gasteiger partial charge < -0.3 is 9.67 Å². The minimum Gasteiger partial charge on any atom is -0.392 e. The average Bonchev–Trinajstić information content (AvgIpc) is 3.06. The fraction of sp³-hybridized carbons (Fsp3) is 0.312. The Kier molecular flexibility index (Phi) is 3.59. The summed E-state index contributed by atoms with van der Waals surface area (Å²) in [5.74, 6) is 0.488. The van der Waals surface area contributed by atoms with E-state index in [1.807, 2.05) is 12.1 Å². The molecule has 2 heterocycles. The number of benzene rings is 1. The quantitative estimate of drug-likeness (QED) is 0.793. The zero-order chi connectivity index (χ0) is 14.1. The third-order valence-corrected chi connectivity index (χ3v) is 4.61. The van der Waals surface area contributed by atoms with E-state index in [9.17, 15) is 5.11 Å². The topological polar surface area (TPSA) is 38.0 Å². The van der Waals surface area contributed by atoms with Crippen molar-refractivity contribution in [1.29, 1.82) is 0 Å². The highest BCUT2D eigenvalue weighted by Gasteiger charge is 2.08. The molecule has 4 heteroatoms. The largest absolute Gasteiger partial charge is 0.392 e. The van der Waals surface area contributed by atoms with Crippen molar-refractivity contribution in [2.45, 2.75) is 32.9 Å². The first-order valence-electron chi connectivity index (χ1n) is 6.80. The van der Waals surface area contributed by atoms with Gasteiger partial charge >= 0.3 is 0 Å². The summed E-state index contributed by atoms with van der Waals surface area (Å²) in [6.07, 6.45) is 2.08. The van der Waals surface area contributed by atoms with Gasteiger partial charge in [-0.25, -0.2) is 4.98 Å². The maximum absolute atomic E-state index is 9.18. The van der Waals surface area contributed by atoms with Crippen molar-refractivity contribution >= 4 is 22.2 Å². The molecule has 0 atom stereocenters. The molecule has 0 radical (unpaired) electrons. The van der Waals surface area contributed by atoms with Crippen LogP contribution in [0.25, 0.3) is 10.9 Å². The fourth-order valence-corrected chi connectivity index (χ4v) is 3.15. The van der Waals surface area contributed by atoms with Crippen LogP contribution >= 0.6 is 11.3 Å². The van der Waals surface area contributed by atoms with E-state index >= 15 is 0 Å². The number of thiazole rings is 1. The smallest absolute Gasteiger partial charge is 0.0954 e. The highest BCUT2D eigenvalue weighted by Crippen LogP contribution is 2.22. The number of hydrogen-bond donors (Lipinski definition) is 1. The molecule has 1 N–H and O–H groups in total. The molecule has 0 aliphatic carbocycles. The van der Waals surface area contributed by atoms with Gasteiger partial charge in [-0.3, -0.25) is 0 Å². The second-order valence-corrected chi connectivity index (χ2v) is 6.22. The predicted molar refractivity (Wildman–Crippen MR) is 83.2 cm³/mol. The molecule has 0 unspecified atom stereocenters. The van der Waals surface area contributed by atoms with E-state index in [0.29, 0.717) is 5.92 Å². The number of hydrogen-bond acceptors (Lipinski definition) is 3. The van der Waals surface area contributed by atoms with Gasteiger partial charge in [0.15, 0.2) is 0 Å². The highest BCUT2D eigenvalue weighted by atomic mass is 32.1. The van der Waals surface area contributed by atoms with Crippen LogP contribution in [0.5, 0.6) is 0 Å². The zero-order valence-corrected chi connectivity index (χ0v) is 12.5. The summed E-state index contributed by atoms with van der Waals surface area (Å²) in [7, 11) is 0. The SMILES string of the molecule is CC(C)c1nc(Cn2ccc3cc(CO)ccc32)cs1. The first-order chi connectivity index (χ1) is 9.67. The van der Waals surface area contributed by atoms with Gasteiger partial charge in [-0.2, -0.15) is 0 Å². The number of rotatable bonds is 4. The Morgan fingerprint density at radius 3 is 2.85 bits per heavy atom. The summed E-state index contributed by atoms with van der Waals surface area (Å²) in [6, 6.07) is 8.16. The summed E-state index contributed by atoms with van der Waals surface area (Å²) in [5.41, 5.74) is 3.25. The van der Waals surface area contributed by atoms with Gasteiger partial charge in [-0.15, -0.1) is 11.3 Å². The van der Waals surface area contributed by atoms with Crippen LogP contribution in [0.15, 0.2) is 35.8 Å². The number of nitrogens with zero attached hydrogens (tertiary/aromatic N) is 2. The average molecular weight is 286 g/mol. The summed E-state index contributed by atoms with van der Waals surface area (Å²) in [5, 5.41) is 13.7. The zero-order valence-electron chi connectivity index (χ0n) is 11.7. The van der Waals surface area contributed by atoms with Gasteiger partial charge in [0.1, 0.15) is 0 Å². The molecule has 0 saturated carbocycles. The molecular weight excluding hydrogens is 268 g/mol. The molecule has 0 aliphatic heterocycles. The molecule has 3 nitrogen and oxygen atoms in total. The van der Waals surface area contributed by atoms with Gasteiger partial charge in [-0.05, 0) is 29.1 Å². The molecule has 20 heavy (non-hydrogen) atoms. The molecule has 0 amide bonds. The first kappa shape index (κ1) is 13.3. The Balaban J connectivity index is 1.90. The molecule has 1 aromatic carbocycles. The van der Waals surface area contributed by atoms with E-state index in [0.717, 1.165) is 23.2 Å². The van der Waals surface area contributed by atoms with E-state index in [2.05, 4.69) is 47.1 Å². The summed E-state index contributed by atoms with van der Waals surface area (Å²) in [4.78, 5) is 4.68. The van der Waals surface area contributed by atoms with Gasteiger partial charge in [0.2, 0.25) is 0 Å². The van der Waals surface area contributed by atoms with Crippen molar-refractivity contribution in [3.05, 3.63) is 52.1 Å². The Labute approximate surface area is 122 Å². The van der Waals surface area contributed by atoms with Gasteiger partial charge in [0, 0.05) is 23.0 Å². The van der Waals surface area contributed by atoms with Gasteiger partial charge in [0.25, 0.3) is 0 Å². The van der Waals surface area contributed by atoms with Crippen molar-refractivity contribution in [3.63, 3.8) is 0 Å². The molecule has 0 saturated heterocycles. The van der Waals surface area contributed by atoms with E-state index in [1.165, 1.54) is 10.5 Å². The molecule has 0 aliphatic rings. The van der Waals surface area contributed by atoms with Crippen LogP contribution in [0.3, 0.4) is 0 Å². The Hall–Kier alpha value is -1.65. The Bertz CT molecular complexity index is 727. The molecule has 0 spiro atoms. The Morgan fingerprint density at radius 1 is 1.30 bits per heavy atom. The fourth-order valence-electron chi connectivity index (χ4n) is 2.32. The molecular formula is C16H18N2OS. The number of aliphatic hydroxyl groups excluding tert-OH is 1. The molecule has 0 bridgehead atoms. The third-order valence-electron chi connectivity index (χ3n) is 3.41. The van der Waals surface area contributed by atoms with Crippen molar-refractivity contribution in [2.24, 2.45) is 0 Å². The van der Waals surface area contributed by atoms with Crippen molar-refractivity contribution in [2.75, 3.05) is 0 Å². The molecule has 3 rings (SSSR count). The van der Waals surface area contributed by atoms with Crippen molar-refractivity contribution in [1.82, 2.24) is 9.55 Å². The second-order valence-electron chi connectivity index (χ2n) is 5.33. The second kappa shape index (κ2) is 5.38. The number of fused-ring (bicyclic) bond motifs is 1. The summed E-state index contributed by atoms with van der Waals surface area (Å²) in [6.45, 7) is 5.23. The van der Waals surface area contributed by atoms with E-state index < -0.39 is 0 Å². The number of aliphatic hydroxyl groups is 1. The normalized spacial score (nSPS) is 11.6. The van der Waals surface area contributed by atoms with Gasteiger partial charge in [-0.1, -0.05) is 19.9 Å². The highest BCUT2D eigenvalue weighted by molar-refractivity contribution is 7.09. The van der Waals surface area contributed by atoms with Crippen LogP contribution in [0, 0.1) is 0 Å². The lowest BCUT2D eigenvalue weighted by molar-refractivity contribution is 0.282.